The van der Waals surface area contributed by atoms with Gasteiger partial charge in [-0.25, -0.2) is 9.59 Å². The van der Waals surface area contributed by atoms with Crippen LogP contribution in [0, 0.1) is 0 Å². The summed E-state index contributed by atoms with van der Waals surface area (Å²) in [5, 5.41) is 2.70. The van der Waals surface area contributed by atoms with Crippen LogP contribution < -0.4 is 5.32 Å². The molecule has 0 heterocycles. The molecule has 2 aromatic rings. The molecule has 0 unspecified atom stereocenters. The van der Waals surface area contributed by atoms with E-state index in [1.807, 2.05) is 24.3 Å². The first kappa shape index (κ1) is 22.1. The highest BCUT2D eigenvalue weighted by Crippen LogP contribution is 2.22. The van der Waals surface area contributed by atoms with Gasteiger partial charge in [-0.3, -0.25) is 4.79 Å². The Labute approximate surface area is 171 Å². The number of ether oxygens (including phenoxy) is 2. The summed E-state index contributed by atoms with van der Waals surface area (Å²) < 4.78 is 9.53. The zero-order chi connectivity index (χ0) is 21.6. The van der Waals surface area contributed by atoms with Gasteiger partial charge in [0.15, 0.2) is 0 Å². The van der Waals surface area contributed by atoms with Crippen molar-refractivity contribution in [2.45, 2.75) is 38.6 Å². The predicted molar refractivity (Wildman–Crippen MR) is 110 cm³/mol. The summed E-state index contributed by atoms with van der Waals surface area (Å²) in [5.74, 6) is -1.55. The number of nitrogens with one attached hydrogen (secondary N) is 1. The van der Waals surface area contributed by atoms with E-state index in [-0.39, 0.29) is 16.5 Å². The van der Waals surface area contributed by atoms with Crippen molar-refractivity contribution in [2.75, 3.05) is 14.2 Å². The molecule has 1 atom stereocenters. The van der Waals surface area contributed by atoms with Crippen molar-refractivity contribution in [3.05, 3.63) is 70.8 Å². The zero-order valence-electron chi connectivity index (χ0n) is 17.4. The molecule has 29 heavy (non-hydrogen) atoms. The van der Waals surface area contributed by atoms with Gasteiger partial charge in [0.1, 0.15) is 6.04 Å². The first-order valence-electron chi connectivity index (χ1n) is 9.32. The Bertz CT molecular complexity index is 881. The fraction of sp³-hybridized carbons (Fsp3) is 0.348. The molecular formula is C23H27NO5. The highest BCUT2D eigenvalue weighted by atomic mass is 16.5. The third-order valence-corrected chi connectivity index (χ3v) is 4.60. The minimum atomic E-state index is -0.852. The summed E-state index contributed by atoms with van der Waals surface area (Å²) in [7, 11) is 2.55. The van der Waals surface area contributed by atoms with E-state index in [0.29, 0.717) is 6.42 Å². The van der Waals surface area contributed by atoms with Gasteiger partial charge in [0.2, 0.25) is 0 Å². The first-order valence-corrected chi connectivity index (χ1v) is 9.32. The molecule has 0 saturated heterocycles. The van der Waals surface area contributed by atoms with Crippen molar-refractivity contribution in [3.63, 3.8) is 0 Å². The van der Waals surface area contributed by atoms with Crippen LogP contribution in [0.25, 0.3) is 0 Å². The summed E-state index contributed by atoms with van der Waals surface area (Å²) in [6, 6.07) is 13.2. The molecule has 0 aliphatic carbocycles. The molecule has 6 heteroatoms. The number of amides is 1. The van der Waals surface area contributed by atoms with Gasteiger partial charge in [0.05, 0.1) is 19.8 Å². The van der Waals surface area contributed by atoms with Crippen molar-refractivity contribution >= 4 is 17.8 Å². The summed E-state index contributed by atoms with van der Waals surface area (Å²) in [6.07, 6.45) is 0.291. The van der Waals surface area contributed by atoms with Crippen LogP contribution in [0.15, 0.2) is 48.5 Å². The molecule has 0 aliphatic heterocycles. The second kappa shape index (κ2) is 9.37. The maximum absolute atomic E-state index is 12.6. The second-order valence-corrected chi connectivity index (χ2v) is 7.77. The lowest BCUT2D eigenvalue weighted by Crippen LogP contribution is -2.43. The van der Waals surface area contributed by atoms with Crippen LogP contribution in [0.1, 0.15) is 52.6 Å². The maximum atomic E-state index is 12.6. The number of carbonyl (C=O) groups is 3. The summed E-state index contributed by atoms with van der Waals surface area (Å²) in [5.41, 5.74) is 2.62. The molecule has 0 aromatic heterocycles. The molecule has 0 saturated carbocycles. The maximum Gasteiger partial charge on any atom is 0.337 e. The molecule has 1 N–H and O–H groups in total. The van der Waals surface area contributed by atoms with Gasteiger partial charge < -0.3 is 14.8 Å². The van der Waals surface area contributed by atoms with Crippen molar-refractivity contribution in [1.82, 2.24) is 5.32 Å². The van der Waals surface area contributed by atoms with Crippen molar-refractivity contribution in [3.8, 4) is 0 Å². The molecule has 0 radical (unpaired) electrons. The lowest BCUT2D eigenvalue weighted by atomic mass is 9.86. The fourth-order valence-electron chi connectivity index (χ4n) is 2.86. The summed E-state index contributed by atoms with van der Waals surface area (Å²) >= 11 is 0. The van der Waals surface area contributed by atoms with E-state index in [0.717, 1.165) is 5.56 Å². The number of hydrogen-bond donors (Lipinski definition) is 1. The van der Waals surface area contributed by atoms with Crippen LogP contribution in [0.2, 0.25) is 0 Å². The van der Waals surface area contributed by atoms with E-state index >= 15 is 0 Å². The quantitative estimate of drug-likeness (QED) is 0.757. The monoisotopic (exact) mass is 397 g/mol. The average Bonchev–Trinajstić information content (AvgIpc) is 2.71. The van der Waals surface area contributed by atoms with Crippen LogP contribution in [0.4, 0.5) is 0 Å². The smallest absolute Gasteiger partial charge is 0.337 e. The molecule has 6 nitrogen and oxygen atoms in total. The standard InChI is InChI=1S/C23H27NO5/c1-23(2,3)18-11-9-15(10-12-18)13-19(22(27)29-5)24-20(25)16-7-6-8-17(14-16)21(26)28-4/h6-12,14,19H,13H2,1-5H3,(H,24,25)/t19-/m1/s1. The fourth-order valence-corrected chi connectivity index (χ4v) is 2.86. The zero-order valence-corrected chi connectivity index (χ0v) is 17.4. The number of rotatable bonds is 6. The molecule has 2 aromatic carbocycles. The average molecular weight is 397 g/mol. The van der Waals surface area contributed by atoms with E-state index in [2.05, 4.69) is 30.8 Å². The van der Waals surface area contributed by atoms with Crippen LogP contribution in [-0.4, -0.2) is 38.1 Å². The van der Waals surface area contributed by atoms with E-state index in [9.17, 15) is 14.4 Å². The number of esters is 2. The van der Waals surface area contributed by atoms with Crippen molar-refractivity contribution < 1.29 is 23.9 Å². The number of benzene rings is 2. The number of hydrogen-bond acceptors (Lipinski definition) is 5. The Balaban J connectivity index is 2.18. The SMILES string of the molecule is COC(=O)c1cccc(C(=O)N[C@H](Cc2ccc(C(C)(C)C)cc2)C(=O)OC)c1. The van der Waals surface area contributed by atoms with Crippen LogP contribution in [0.5, 0.6) is 0 Å². The minimum Gasteiger partial charge on any atom is -0.467 e. The summed E-state index contributed by atoms with van der Waals surface area (Å²) in [6.45, 7) is 6.38. The Morgan fingerprint density at radius 3 is 2.10 bits per heavy atom. The van der Waals surface area contributed by atoms with Crippen LogP contribution >= 0.6 is 0 Å². The largest absolute Gasteiger partial charge is 0.467 e. The van der Waals surface area contributed by atoms with Crippen molar-refractivity contribution in [1.29, 1.82) is 0 Å². The topological polar surface area (TPSA) is 81.7 Å². The lowest BCUT2D eigenvalue weighted by Gasteiger charge is -2.20. The third kappa shape index (κ3) is 5.91. The van der Waals surface area contributed by atoms with E-state index < -0.39 is 23.9 Å². The minimum absolute atomic E-state index is 0.0269. The van der Waals surface area contributed by atoms with Gasteiger partial charge in [0, 0.05) is 12.0 Å². The predicted octanol–water partition coefficient (Wildman–Crippen LogP) is 3.28. The summed E-state index contributed by atoms with van der Waals surface area (Å²) in [4.78, 5) is 36.5. The van der Waals surface area contributed by atoms with Gasteiger partial charge in [-0.05, 0) is 34.7 Å². The molecule has 154 valence electrons. The van der Waals surface area contributed by atoms with Gasteiger partial charge in [0.25, 0.3) is 5.91 Å². The van der Waals surface area contributed by atoms with Crippen LogP contribution in [-0.2, 0) is 26.1 Å². The van der Waals surface area contributed by atoms with E-state index in [1.165, 1.54) is 25.8 Å². The Kier molecular flexibility index (Phi) is 7.15. The Morgan fingerprint density at radius 1 is 0.931 bits per heavy atom. The molecule has 0 aliphatic rings. The molecule has 1 amide bonds. The Morgan fingerprint density at radius 2 is 1.55 bits per heavy atom. The van der Waals surface area contributed by atoms with Crippen molar-refractivity contribution in [2.24, 2.45) is 0 Å². The Hall–Kier alpha value is -3.15. The molecule has 0 bridgehead atoms. The first-order chi connectivity index (χ1) is 13.7. The normalized spacial score (nSPS) is 12.0. The van der Waals surface area contributed by atoms with E-state index in [1.54, 1.807) is 18.2 Å². The highest BCUT2D eigenvalue weighted by Gasteiger charge is 2.23. The third-order valence-electron chi connectivity index (χ3n) is 4.60. The molecule has 0 spiro atoms. The highest BCUT2D eigenvalue weighted by molar-refractivity contribution is 5.99. The second-order valence-electron chi connectivity index (χ2n) is 7.77. The van der Waals surface area contributed by atoms with Gasteiger partial charge in [-0.1, -0.05) is 51.1 Å². The van der Waals surface area contributed by atoms with E-state index in [4.69, 9.17) is 4.74 Å². The van der Waals surface area contributed by atoms with Gasteiger partial charge in [-0.15, -0.1) is 0 Å². The van der Waals surface area contributed by atoms with Gasteiger partial charge in [-0.2, -0.15) is 0 Å². The molecular weight excluding hydrogens is 370 g/mol. The van der Waals surface area contributed by atoms with Crippen LogP contribution in [0.3, 0.4) is 0 Å². The number of methoxy groups -OCH3 is 2. The number of carbonyl (C=O) groups excluding carboxylic acids is 3. The lowest BCUT2D eigenvalue weighted by molar-refractivity contribution is -0.142. The van der Waals surface area contributed by atoms with Gasteiger partial charge >= 0.3 is 11.9 Å². The molecule has 2 rings (SSSR count). The molecule has 0 fully saturated rings.